The molecule has 0 fully saturated rings. The van der Waals surface area contributed by atoms with Gasteiger partial charge in [0, 0.05) is 17.7 Å². The van der Waals surface area contributed by atoms with Crippen LogP contribution in [0.25, 0.3) is 0 Å². The molecule has 1 rings (SSSR count). The quantitative estimate of drug-likeness (QED) is 0.818. The van der Waals surface area contributed by atoms with Crippen molar-refractivity contribution in [3.05, 3.63) is 29.8 Å². The number of anilines is 1. The lowest BCUT2D eigenvalue weighted by Crippen LogP contribution is -2.16. The minimum absolute atomic E-state index is 0.0571. The molecule has 1 N–H and O–H groups in total. The van der Waals surface area contributed by atoms with Gasteiger partial charge in [0.1, 0.15) is 0 Å². The molecule has 0 aliphatic carbocycles. The van der Waals surface area contributed by atoms with Gasteiger partial charge in [-0.2, -0.15) is 0 Å². The molecule has 0 unspecified atom stereocenters. The molecule has 5 heteroatoms. The Bertz CT molecular complexity index is 554. The molecule has 0 heterocycles. The Hall–Kier alpha value is -1.36. The molecule has 0 atom stereocenters. The zero-order valence-corrected chi connectivity index (χ0v) is 13.4. The number of nitrogens with one attached hydrogen (secondary N) is 1. The summed E-state index contributed by atoms with van der Waals surface area (Å²) in [6.07, 6.45) is 1.03. The van der Waals surface area contributed by atoms with Crippen molar-refractivity contribution < 1.29 is 13.2 Å². The number of carbonyl (C=O) groups is 1. The highest BCUT2D eigenvalue weighted by Gasteiger charge is 2.17. The zero-order chi connectivity index (χ0) is 15.4. The van der Waals surface area contributed by atoms with E-state index in [1.165, 1.54) is 0 Å². The second-order valence-electron chi connectivity index (χ2n) is 6.16. The molecule has 4 nitrogen and oxygen atoms in total. The molecule has 0 radical (unpaired) electrons. The Balaban J connectivity index is 2.77. The van der Waals surface area contributed by atoms with Crippen molar-refractivity contribution in [3.8, 4) is 0 Å². The lowest BCUT2D eigenvalue weighted by molar-refractivity contribution is 0.0940. The molecule has 0 saturated heterocycles. The van der Waals surface area contributed by atoms with Crippen LogP contribution >= 0.6 is 0 Å². The van der Waals surface area contributed by atoms with Crippen LogP contribution < -0.4 is 4.72 Å². The average Bonchev–Trinajstić information content (AvgIpc) is 2.26. The summed E-state index contributed by atoms with van der Waals surface area (Å²) in [4.78, 5) is 12.0. The summed E-state index contributed by atoms with van der Waals surface area (Å²) in [5.74, 6) is 0.165. The maximum Gasteiger partial charge on any atom is 0.232 e. The van der Waals surface area contributed by atoms with Crippen LogP contribution in [0.1, 0.15) is 50.9 Å². The van der Waals surface area contributed by atoms with E-state index in [9.17, 15) is 13.2 Å². The van der Waals surface area contributed by atoms with Crippen molar-refractivity contribution in [2.45, 2.75) is 40.5 Å². The Labute approximate surface area is 121 Å². The summed E-state index contributed by atoms with van der Waals surface area (Å²) in [5.41, 5.74) is 1.04. The van der Waals surface area contributed by atoms with E-state index in [-0.39, 0.29) is 17.0 Å². The van der Waals surface area contributed by atoms with Gasteiger partial charge in [-0.05, 0) is 36.1 Å². The number of benzene rings is 1. The summed E-state index contributed by atoms with van der Waals surface area (Å²) in [6.45, 7) is 7.85. The molecule has 112 valence electrons. The lowest BCUT2D eigenvalue weighted by Gasteiger charge is -2.16. The third kappa shape index (κ3) is 5.74. The van der Waals surface area contributed by atoms with Gasteiger partial charge in [0.15, 0.2) is 5.78 Å². The fraction of sp³-hybridized carbons (Fsp3) is 0.533. The van der Waals surface area contributed by atoms with Crippen LogP contribution in [0.3, 0.4) is 0 Å². The number of hydrogen-bond donors (Lipinski definition) is 1. The number of hydrogen-bond acceptors (Lipinski definition) is 3. The van der Waals surface area contributed by atoms with Crippen molar-refractivity contribution in [1.82, 2.24) is 0 Å². The minimum atomic E-state index is -3.28. The number of sulfonamides is 1. The van der Waals surface area contributed by atoms with Gasteiger partial charge in [0.2, 0.25) is 10.0 Å². The topological polar surface area (TPSA) is 63.2 Å². The van der Waals surface area contributed by atoms with Crippen molar-refractivity contribution in [2.24, 2.45) is 5.41 Å². The van der Waals surface area contributed by atoms with Crippen LogP contribution in [-0.4, -0.2) is 20.0 Å². The SMILES string of the molecule is CCCS(=O)(=O)Nc1ccc(C(=O)CC(C)(C)C)cc1. The smallest absolute Gasteiger partial charge is 0.232 e. The van der Waals surface area contributed by atoms with Crippen LogP contribution in [0.15, 0.2) is 24.3 Å². The van der Waals surface area contributed by atoms with Crippen molar-refractivity contribution in [3.63, 3.8) is 0 Å². The molecular weight excluding hydrogens is 274 g/mol. The Morgan fingerprint density at radius 2 is 1.70 bits per heavy atom. The molecule has 1 aromatic carbocycles. The molecule has 0 bridgehead atoms. The van der Waals surface area contributed by atoms with E-state index >= 15 is 0 Å². The second-order valence-corrected chi connectivity index (χ2v) is 8.00. The molecule has 20 heavy (non-hydrogen) atoms. The van der Waals surface area contributed by atoms with Gasteiger partial charge in [-0.3, -0.25) is 9.52 Å². The van der Waals surface area contributed by atoms with Crippen molar-refractivity contribution >= 4 is 21.5 Å². The molecule has 0 spiro atoms. The van der Waals surface area contributed by atoms with Crippen LogP contribution in [0.2, 0.25) is 0 Å². The molecule has 1 aromatic rings. The fourth-order valence-corrected chi connectivity index (χ4v) is 2.94. The van der Waals surface area contributed by atoms with Crippen LogP contribution in [0.4, 0.5) is 5.69 Å². The standard InChI is InChI=1S/C15H23NO3S/c1-5-10-20(18,19)16-13-8-6-12(7-9-13)14(17)11-15(2,3)4/h6-9,16H,5,10-11H2,1-4H3. The van der Waals surface area contributed by atoms with Crippen molar-refractivity contribution in [2.75, 3.05) is 10.5 Å². The summed E-state index contributed by atoms with van der Waals surface area (Å²) in [5, 5.41) is 0. The van der Waals surface area contributed by atoms with E-state index in [4.69, 9.17) is 0 Å². The maximum absolute atomic E-state index is 12.0. The first-order valence-electron chi connectivity index (χ1n) is 6.77. The highest BCUT2D eigenvalue weighted by Crippen LogP contribution is 2.22. The van der Waals surface area contributed by atoms with E-state index in [0.717, 1.165) is 0 Å². The third-order valence-corrected chi connectivity index (χ3v) is 4.14. The maximum atomic E-state index is 12.0. The molecule has 0 amide bonds. The number of ketones is 1. The molecule has 0 saturated carbocycles. The van der Waals surface area contributed by atoms with Gasteiger partial charge < -0.3 is 0 Å². The Morgan fingerprint density at radius 1 is 1.15 bits per heavy atom. The van der Waals surface area contributed by atoms with Gasteiger partial charge in [-0.25, -0.2) is 8.42 Å². The number of Topliss-reactive ketones (excluding diaryl/α,β-unsaturated/α-hetero) is 1. The van der Waals surface area contributed by atoms with Gasteiger partial charge >= 0.3 is 0 Å². The van der Waals surface area contributed by atoms with E-state index in [2.05, 4.69) is 4.72 Å². The Morgan fingerprint density at radius 3 is 2.15 bits per heavy atom. The third-order valence-electron chi connectivity index (χ3n) is 2.64. The summed E-state index contributed by atoms with van der Waals surface area (Å²) >= 11 is 0. The highest BCUT2D eigenvalue weighted by atomic mass is 32.2. The molecular formula is C15H23NO3S. The normalized spacial score (nSPS) is 12.2. The van der Waals surface area contributed by atoms with E-state index < -0.39 is 10.0 Å². The van der Waals surface area contributed by atoms with Gasteiger partial charge in [-0.1, -0.05) is 27.7 Å². The summed E-state index contributed by atoms with van der Waals surface area (Å²) in [7, 11) is -3.28. The molecule has 0 aliphatic heterocycles. The average molecular weight is 297 g/mol. The Kier molecular flexibility index (Phi) is 5.34. The van der Waals surface area contributed by atoms with Crippen molar-refractivity contribution in [1.29, 1.82) is 0 Å². The van der Waals surface area contributed by atoms with E-state index in [1.807, 2.05) is 27.7 Å². The first kappa shape index (κ1) is 16.7. The fourth-order valence-electron chi connectivity index (χ4n) is 1.81. The lowest BCUT2D eigenvalue weighted by atomic mass is 9.88. The van der Waals surface area contributed by atoms with Crippen LogP contribution in [0, 0.1) is 5.41 Å². The first-order valence-corrected chi connectivity index (χ1v) is 8.42. The number of rotatable bonds is 6. The summed E-state index contributed by atoms with van der Waals surface area (Å²) < 4.78 is 25.8. The van der Waals surface area contributed by atoms with Crippen LogP contribution in [-0.2, 0) is 10.0 Å². The van der Waals surface area contributed by atoms with Gasteiger partial charge in [-0.15, -0.1) is 0 Å². The van der Waals surface area contributed by atoms with Crippen LogP contribution in [0.5, 0.6) is 0 Å². The molecule has 0 aliphatic rings. The van der Waals surface area contributed by atoms with E-state index in [0.29, 0.717) is 24.1 Å². The zero-order valence-electron chi connectivity index (χ0n) is 12.6. The van der Waals surface area contributed by atoms with E-state index in [1.54, 1.807) is 24.3 Å². The minimum Gasteiger partial charge on any atom is -0.294 e. The summed E-state index contributed by atoms with van der Waals surface area (Å²) in [6, 6.07) is 6.59. The largest absolute Gasteiger partial charge is 0.294 e. The van der Waals surface area contributed by atoms with Gasteiger partial charge in [0.05, 0.1) is 5.75 Å². The first-order chi connectivity index (χ1) is 9.13. The second kappa shape index (κ2) is 6.39. The highest BCUT2D eigenvalue weighted by molar-refractivity contribution is 7.92. The predicted octanol–water partition coefficient (Wildman–Crippen LogP) is 3.46. The molecule has 0 aromatic heterocycles. The monoisotopic (exact) mass is 297 g/mol. The van der Waals surface area contributed by atoms with Gasteiger partial charge in [0.25, 0.3) is 0 Å². The number of carbonyl (C=O) groups excluding carboxylic acids is 1. The predicted molar refractivity (Wildman–Crippen MR) is 82.5 cm³/mol.